The van der Waals surface area contributed by atoms with Crippen LogP contribution in [0.15, 0.2) is 47.0 Å². The predicted molar refractivity (Wildman–Crippen MR) is 97.1 cm³/mol. The lowest BCUT2D eigenvalue weighted by atomic mass is 10.1. The van der Waals surface area contributed by atoms with Crippen LogP contribution in [-0.4, -0.2) is 29.7 Å². The molecule has 0 spiro atoms. The quantitative estimate of drug-likeness (QED) is 0.703. The van der Waals surface area contributed by atoms with Crippen LogP contribution in [0.2, 0.25) is 0 Å². The predicted octanol–water partition coefficient (Wildman–Crippen LogP) is 3.71. The summed E-state index contributed by atoms with van der Waals surface area (Å²) in [5, 5.41) is 4.03. The Balaban J connectivity index is 1.54. The molecule has 1 aliphatic heterocycles. The summed E-state index contributed by atoms with van der Waals surface area (Å²) >= 11 is 0. The highest BCUT2D eigenvalue weighted by atomic mass is 19.1. The van der Waals surface area contributed by atoms with Crippen molar-refractivity contribution in [2.45, 2.75) is 19.3 Å². The Labute approximate surface area is 155 Å². The highest BCUT2D eigenvalue weighted by molar-refractivity contribution is 5.97. The second-order valence-electron chi connectivity index (χ2n) is 6.52. The summed E-state index contributed by atoms with van der Waals surface area (Å²) in [7, 11) is 1.60. The Kier molecular flexibility index (Phi) is 4.35. The van der Waals surface area contributed by atoms with E-state index >= 15 is 0 Å². The maximum absolute atomic E-state index is 13.3. The van der Waals surface area contributed by atoms with Crippen LogP contribution in [0.25, 0.3) is 11.4 Å². The number of halogens is 1. The van der Waals surface area contributed by atoms with Gasteiger partial charge in [0.25, 0.3) is 0 Å². The normalized spacial score (nSPS) is 16.8. The number of amides is 1. The van der Waals surface area contributed by atoms with E-state index < -0.39 is 0 Å². The summed E-state index contributed by atoms with van der Waals surface area (Å²) in [5.74, 6) is 1.09. The van der Waals surface area contributed by atoms with Gasteiger partial charge in [-0.25, -0.2) is 4.39 Å². The van der Waals surface area contributed by atoms with Gasteiger partial charge in [-0.05, 0) is 55.0 Å². The number of hydrogen-bond donors (Lipinski definition) is 0. The number of aromatic nitrogens is 2. The van der Waals surface area contributed by atoms with E-state index in [1.165, 1.54) is 12.1 Å². The zero-order chi connectivity index (χ0) is 19.0. The molecule has 27 heavy (non-hydrogen) atoms. The average Bonchev–Trinajstić information content (AvgIpc) is 3.29. The lowest BCUT2D eigenvalue weighted by Crippen LogP contribution is -2.25. The summed E-state index contributed by atoms with van der Waals surface area (Å²) in [6.45, 7) is 2.21. The molecule has 0 radical (unpaired) electrons. The van der Waals surface area contributed by atoms with Crippen molar-refractivity contribution in [3.05, 3.63) is 59.7 Å². The SMILES string of the molecule is COc1ccc(-c2noc(C3CC(=O)N(c4ccc(F)cc4C)C3)n2)cc1. The van der Waals surface area contributed by atoms with Crippen molar-refractivity contribution in [2.75, 3.05) is 18.6 Å². The van der Waals surface area contributed by atoms with E-state index in [0.717, 1.165) is 11.3 Å². The molecule has 0 saturated carbocycles. The number of aryl methyl sites for hydroxylation is 1. The van der Waals surface area contributed by atoms with Gasteiger partial charge in [0.1, 0.15) is 11.6 Å². The fourth-order valence-electron chi connectivity index (χ4n) is 3.29. The van der Waals surface area contributed by atoms with E-state index in [1.54, 1.807) is 25.0 Å². The van der Waals surface area contributed by atoms with Gasteiger partial charge in [-0.3, -0.25) is 4.79 Å². The number of carbonyl (C=O) groups is 1. The van der Waals surface area contributed by atoms with Crippen LogP contribution in [-0.2, 0) is 4.79 Å². The van der Waals surface area contributed by atoms with Gasteiger partial charge in [-0.1, -0.05) is 5.16 Å². The monoisotopic (exact) mass is 367 g/mol. The molecule has 0 N–H and O–H groups in total. The maximum Gasteiger partial charge on any atom is 0.232 e. The van der Waals surface area contributed by atoms with Crippen molar-refractivity contribution < 1.29 is 18.4 Å². The number of ether oxygens (including phenoxy) is 1. The van der Waals surface area contributed by atoms with E-state index in [9.17, 15) is 9.18 Å². The molecule has 1 aromatic heterocycles. The highest BCUT2D eigenvalue weighted by Crippen LogP contribution is 2.33. The van der Waals surface area contributed by atoms with E-state index in [2.05, 4.69) is 10.1 Å². The van der Waals surface area contributed by atoms with E-state index in [4.69, 9.17) is 9.26 Å². The van der Waals surface area contributed by atoms with Crippen LogP contribution in [0, 0.1) is 12.7 Å². The molecular formula is C20H18FN3O3. The summed E-state index contributed by atoms with van der Waals surface area (Å²) in [6, 6.07) is 11.7. The first-order valence-electron chi connectivity index (χ1n) is 8.59. The maximum atomic E-state index is 13.3. The molecule has 7 heteroatoms. The number of hydrogen-bond acceptors (Lipinski definition) is 5. The van der Waals surface area contributed by atoms with Crippen LogP contribution in [0.4, 0.5) is 10.1 Å². The largest absolute Gasteiger partial charge is 0.497 e. The number of benzene rings is 2. The molecule has 1 fully saturated rings. The molecular weight excluding hydrogens is 349 g/mol. The van der Waals surface area contributed by atoms with Gasteiger partial charge in [0, 0.05) is 24.2 Å². The van der Waals surface area contributed by atoms with Crippen LogP contribution in [0.1, 0.15) is 23.8 Å². The summed E-state index contributed by atoms with van der Waals surface area (Å²) in [4.78, 5) is 18.6. The van der Waals surface area contributed by atoms with Crippen LogP contribution in [0.5, 0.6) is 5.75 Å². The van der Waals surface area contributed by atoms with Crippen molar-refractivity contribution >= 4 is 11.6 Å². The smallest absolute Gasteiger partial charge is 0.232 e. The third-order valence-corrected chi connectivity index (χ3v) is 4.71. The summed E-state index contributed by atoms with van der Waals surface area (Å²) in [6.07, 6.45) is 0.279. The van der Waals surface area contributed by atoms with Gasteiger partial charge in [0.05, 0.1) is 13.0 Å². The number of methoxy groups -OCH3 is 1. The fourth-order valence-corrected chi connectivity index (χ4v) is 3.29. The van der Waals surface area contributed by atoms with Crippen molar-refractivity contribution in [2.24, 2.45) is 0 Å². The first-order valence-corrected chi connectivity index (χ1v) is 8.59. The number of nitrogens with zero attached hydrogens (tertiary/aromatic N) is 3. The van der Waals surface area contributed by atoms with Crippen LogP contribution < -0.4 is 9.64 Å². The van der Waals surface area contributed by atoms with Gasteiger partial charge in [0.15, 0.2) is 0 Å². The van der Waals surface area contributed by atoms with Crippen molar-refractivity contribution in [3.63, 3.8) is 0 Å². The lowest BCUT2D eigenvalue weighted by molar-refractivity contribution is -0.117. The lowest BCUT2D eigenvalue weighted by Gasteiger charge is -2.18. The first kappa shape index (κ1) is 17.2. The zero-order valence-corrected chi connectivity index (χ0v) is 15.0. The van der Waals surface area contributed by atoms with Gasteiger partial charge in [0.2, 0.25) is 17.6 Å². The van der Waals surface area contributed by atoms with Gasteiger partial charge >= 0.3 is 0 Å². The van der Waals surface area contributed by atoms with Gasteiger partial charge < -0.3 is 14.2 Å². The summed E-state index contributed by atoms with van der Waals surface area (Å²) < 4.78 is 23.9. The van der Waals surface area contributed by atoms with E-state index in [0.29, 0.717) is 29.5 Å². The molecule has 2 aromatic carbocycles. The molecule has 138 valence electrons. The number of carbonyl (C=O) groups excluding carboxylic acids is 1. The van der Waals surface area contributed by atoms with E-state index in [1.807, 2.05) is 24.3 Å². The Bertz CT molecular complexity index is 984. The molecule has 6 nitrogen and oxygen atoms in total. The average molecular weight is 367 g/mol. The van der Waals surface area contributed by atoms with Crippen molar-refractivity contribution in [1.29, 1.82) is 0 Å². The molecule has 1 aliphatic rings. The van der Waals surface area contributed by atoms with Crippen LogP contribution >= 0.6 is 0 Å². The van der Waals surface area contributed by atoms with Gasteiger partial charge in [-0.15, -0.1) is 0 Å². The van der Waals surface area contributed by atoms with Crippen molar-refractivity contribution in [1.82, 2.24) is 10.1 Å². The minimum absolute atomic E-state index is 0.0427. The Morgan fingerprint density at radius 2 is 2.00 bits per heavy atom. The Morgan fingerprint density at radius 1 is 1.22 bits per heavy atom. The third kappa shape index (κ3) is 3.28. The zero-order valence-electron chi connectivity index (χ0n) is 15.0. The molecule has 2 heterocycles. The summed E-state index contributed by atoms with van der Waals surface area (Å²) in [5.41, 5.74) is 2.23. The molecule has 3 aromatic rings. The molecule has 1 amide bonds. The molecule has 1 unspecified atom stereocenters. The van der Waals surface area contributed by atoms with Gasteiger partial charge in [-0.2, -0.15) is 4.98 Å². The second kappa shape index (κ2) is 6.83. The molecule has 0 aliphatic carbocycles. The Morgan fingerprint density at radius 3 is 2.70 bits per heavy atom. The molecule has 0 bridgehead atoms. The topological polar surface area (TPSA) is 68.5 Å². The highest BCUT2D eigenvalue weighted by Gasteiger charge is 2.35. The molecule has 1 atom stereocenters. The van der Waals surface area contributed by atoms with Crippen LogP contribution in [0.3, 0.4) is 0 Å². The minimum Gasteiger partial charge on any atom is -0.497 e. The van der Waals surface area contributed by atoms with E-state index in [-0.39, 0.29) is 24.1 Å². The first-order chi connectivity index (χ1) is 13.0. The minimum atomic E-state index is -0.319. The second-order valence-corrected chi connectivity index (χ2v) is 6.52. The number of anilines is 1. The third-order valence-electron chi connectivity index (χ3n) is 4.71. The number of rotatable bonds is 4. The molecule has 4 rings (SSSR count). The van der Waals surface area contributed by atoms with Crippen molar-refractivity contribution in [3.8, 4) is 17.1 Å². The Hall–Kier alpha value is -3.22. The molecule has 1 saturated heterocycles. The standard InChI is InChI=1S/C20H18FN3O3/c1-12-9-15(21)5-8-17(12)24-11-14(10-18(24)25)20-22-19(23-27-20)13-3-6-16(26-2)7-4-13/h3-9,14H,10-11H2,1-2H3. The fraction of sp³-hybridized carbons (Fsp3) is 0.250.